The van der Waals surface area contributed by atoms with Crippen LogP contribution in [-0.2, 0) is 0 Å². The Labute approximate surface area is 77.5 Å². The standard InChI is InChI=1S/C8H4ClFN2O/c9-7(13)4-1-2-5-6(3-4)12-8(10)11-5/h1-3H,(H,11,12). The lowest BCUT2D eigenvalue weighted by Gasteiger charge is -1.91. The Hall–Kier alpha value is -1.42. The number of H-pyrrole nitrogens is 1. The Bertz CT molecular complexity index is 480. The van der Waals surface area contributed by atoms with Gasteiger partial charge in [-0.1, -0.05) is 0 Å². The molecule has 0 aliphatic rings. The molecule has 0 saturated heterocycles. The van der Waals surface area contributed by atoms with Crippen LogP contribution >= 0.6 is 11.6 Å². The molecule has 0 spiro atoms. The lowest BCUT2D eigenvalue weighted by Crippen LogP contribution is -1.87. The highest BCUT2D eigenvalue weighted by atomic mass is 35.5. The van der Waals surface area contributed by atoms with E-state index in [4.69, 9.17) is 11.6 Å². The molecule has 0 radical (unpaired) electrons. The van der Waals surface area contributed by atoms with Gasteiger partial charge in [-0.05, 0) is 29.8 Å². The zero-order chi connectivity index (χ0) is 9.42. The van der Waals surface area contributed by atoms with Gasteiger partial charge in [-0.3, -0.25) is 4.79 Å². The minimum absolute atomic E-state index is 0.317. The second-order valence-corrected chi connectivity index (χ2v) is 2.88. The van der Waals surface area contributed by atoms with E-state index < -0.39 is 11.3 Å². The SMILES string of the molecule is O=C(Cl)c1ccc2nc(F)[nH]c2c1. The van der Waals surface area contributed by atoms with Crippen molar-refractivity contribution in [1.82, 2.24) is 9.97 Å². The molecule has 2 rings (SSSR count). The molecule has 66 valence electrons. The molecule has 1 aromatic heterocycles. The molecular weight excluding hydrogens is 195 g/mol. The summed E-state index contributed by atoms with van der Waals surface area (Å²) < 4.78 is 12.6. The number of carbonyl (C=O) groups excluding carboxylic acids is 1. The number of nitrogens with one attached hydrogen (secondary N) is 1. The zero-order valence-electron chi connectivity index (χ0n) is 6.34. The molecule has 0 saturated carbocycles. The molecule has 0 bridgehead atoms. The molecule has 5 heteroatoms. The number of hydrogen-bond acceptors (Lipinski definition) is 2. The highest BCUT2D eigenvalue weighted by molar-refractivity contribution is 6.67. The first-order chi connectivity index (χ1) is 6.16. The van der Waals surface area contributed by atoms with E-state index in [0.29, 0.717) is 16.6 Å². The number of benzene rings is 1. The summed E-state index contributed by atoms with van der Waals surface area (Å²) in [5.41, 5.74) is 1.25. The fourth-order valence-corrected chi connectivity index (χ4v) is 1.22. The van der Waals surface area contributed by atoms with Gasteiger partial charge in [0.15, 0.2) is 0 Å². The zero-order valence-corrected chi connectivity index (χ0v) is 7.10. The molecule has 0 aliphatic carbocycles. The van der Waals surface area contributed by atoms with E-state index >= 15 is 0 Å². The first kappa shape index (κ1) is 8.19. The summed E-state index contributed by atoms with van der Waals surface area (Å²) in [6, 6.07) is 4.49. The lowest BCUT2D eigenvalue weighted by atomic mass is 10.2. The summed E-state index contributed by atoms with van der Waals surface area (Å²) in [7, 11) is 0. The number of hydrogen-bond donors (Lipinski definition) is 1. The molecule has 1 N–H and O–H groups in total. The van der Waals surface area contributed by atoms with E-state index in [-0.39, 0.29) is 0 Å². The number of imidazole rings is 1. The van der Waals surface area contributed by atoms with Crippen molar-refractivity contribution < 1.29 is 9.18 Å². The van der Waals surface area contributed by atoms with Crippen molar-refractivity contribution in [1.29, 1.82) is 0 Å². The van der Waals surface area contributed by atoms with Crippen LogP contribution in [0.3, 0.4) is 0 Å². The summed E-state index contributed by atoms with van der Waals surface area (Å²) in [5.74, 6) is 0. The average molecular weight is 199 g/mol. The normalized spacial score (nSPS) is 10.6. The van der Waals surface area contributed by atoms with Gasteiger partial charge < -0.3 is 4.98 Å². The van der Waals surface area contributed by atoms with E-state index in [1.165, 1.54) is 18.2 Å². The predicted octanol–water partition coefficient (Wildman–Crippen LogP) is 2.08. The number of nitrogens with zero attached hydrogens (tertiary/aromatic N) is 1. The summed E-state index contributed by atoms with van der Waals surface area (Å²) in [5, 5.41) is -0.572. The molecule has 1 heterocycles. The number of carbonyl (C=O) groups is 1. The first-order valence-corrected chi connectivity index (χ1v) is 3.90. The van der Waals surface area contributed by atoms with Gasteiger partial charge in [0, 0.05) is 5.56 Å². The minimum Gasteiger partial charge on any atom is -0.314 e. The second kappa shape index (κ2) is 2.81. The van der Waals surface area contributed by atoms with E-state index in [0.717, 1.165) is 0 Å². The number of fused-ring (bicyclic) bond motifs is 1. The Balaban J connectivity index is 2.67. The summed E-state index contributed by atoms with van der Waals surface area (Å²) in [6.07, 6.45) is -0.672. The molecule has 1 aromatic carbocycles. The van der Waals surface area contributed by atoms with Gasteiger partial charge in [0.2, 0.25) is 0 Å². The number of aromatic amines is 1. The van der Waals surface area contributed by atoms with Gasteiger partial charge in [-0.25, -0.2) is 4.98 Å². The third-order valence-electron chi connectivity index (χ3n) is 1.68. The van der Waals surface area contributed by atoms with Gasteiger partial charge in [-0.2, -0.15) is 4.39 Å². The van der Waals surface area contributed by atoms with Crippen molar-refractivity contribution in [3.63, 3.8) is 0 Å². The van der Waals surface area contributed by atoms with Crippen molar-refractivity contribution in [3.05, 3.63) is 29.8 Å². The maximum Gasteiger partial charge on any atom is 0.287 e. The highest BCUT2D eigenvalue weighted by Crippen LogP contribution is 2.14. The van der Waals surface area contributed by atoms with Crippen LogP contribution < -0.4 is 0 Å². The molecule has 3 nitrogen and oxygen atoms in total. The fraction of sp³-hybridized carbons (Fsp3) is 0. The quantitative estimate of drug-likeness (QED) is 0.713. The molecule has 0 amide bonds. The Kier molecular flexibility index (Phi) is 1.77. The van der Waals surface area contributed by atoms with Gasteiger partial charge >= 0.3 is 0 Å². The fourth-order valence-electron chi connectivity index (χ4n) is 1.10. The molecule has 0 unspecified atom stereocenters. The van der Waals surface area contributed by atoms with Crippen molar-refractivity contribution in [3.8, 4) is 0 Å². The van der Waals surface area contributed by atoms with Crippen LogP contribution in [0.2, 0.25) is 0 Å². The number of aromatic nitrogens is 2. The van der Waals surface area contributed by atoms with Crippen LogP contribution in [0.25, 0.3) is 11.0 Å². The van der Waals surface area contributed by atoms with Gasteiger partial charge in [-0.15, -0.1) is 0 Å². The van der Waals surface area contributed by atoms with E-state index in [1.54, 1.807) is 0 Å². The van der Waals surface area contributed by atoms with Crippen molar-refractivity contribution >= 4 is 27.9 Å². The Morgan fingerprint density at radius 3 is 3.00 bits per heavy atom. The third-order valence-corrected chi connectivity index (χ3v) is 1.90. The molecule has 13 heavy (non-hydrogen) atoms. The van der Waals surface area contributed by atoms with Crippen molar-refractivity contribution in [2.45, 2.75) is 0 Å². The van der Waals surface area contributed by atoms with Gasteiger partial charge in [0.1, 0.15) is 0 Å². The highest BCUT2D eigenvalue weighted by Gasteiger charge is 2.05. The minimum atomic E-state index is -0.672. The van der Waals surface area contributed by atoms with Gasteiger partial charge in [0.25, 0.3) is 11.3 Å². The summed E-state index contributed by atoms with van der Waals surface area (Å²) >= 11 is 5.24. The van der Waals surface area contributed by atoms with Crippen LogP contribution in [0, 0.1) is 6.08 Å². The first-order valence-electron chi connectivity index (χ1n) is 3.52. The van der Waals surface area contributed by atoms with E-state index in [9.17, 15) is 9.18 Å². The Morgan fingerprint density at radius 1 is 1.54 bits per heavy atom. The van der Waals surface area contributed by atoms with E-state index in [1.807, 2.05) is 0 Å². The molecule has 0 aliphatic heterocycles. The van der Waals surface area contributed by atoms with Crippen LogP contribution in [0.4, 0.5) is 4.39 Å². The number of rotatable bonds is 1. The summed E-state index contributed by atoms with van der Waals surface area (Å²) in [6.45, 7) is 0. The monoisotopic (exact) mass is 198 g/mol. The predicted molar refractivity (Wildman–Crippen MR) is 46.2 cm³/mol. The van der Waals surface area contributed by atoms with E-state index in [2.05, 4.69) is 9.97 Å². The van der Waals surface area contributed by atoms with Crippen LogP contribution in [0.5, 0.6) is 0 Å². The third kappa shape index (κ3) is 1.40. The maximum absolute atomic E-state index is 12.6. The molecule has 2 aromatic rings. The number of halogens is 2. The smallest absolute Gasteiger partial charge is 0.287 e. The maximum atomic E-state index is 12.6. The average Bonchev–Trinajstić information content (AvgIpc) is 2.42. The van der Waals surface area contributed by atoms with Gasteiger partial charge in [0.05, 0.1) is 11.0 Å². The van der Waals surface area contributed by atoms with Crippen molar-refractivity contribution in [2.24, 2.45) is 0 Å². The molecule has 0 fully saturated rings. The second-order valence-electron chi connectivity index (χ2n) is 2.53. The molecule has 0 atom stereocenters. The topological polar surface area (TPSA) is 45.8 Å². The summed E-state index contributed by atoms with van der Waals surface area (Å²) in [4.78, 5) is 16.6. The van der Waals surface area contributed by atoms with Crippen LogP contribution in [-0.4, -0.2) is 15.2 Å². The lowest BCUT2D eigenvalue weighted by molar-refractivity contribution is 0.108. The van der Waals surface area contributed by atoms with Crippen LogP contribution in [0.1, 0.15) is 10.4 Å². The Morgan fingerprint density at radius 2 is 2.31 bits per heavy atom. The largest absolute Gasteiger partial charge is 0.314 e. The van der Waals surface area contributed by atoms with Crippen molar-refractivity contribution in [2.75, 3.05) is 0 Å². The van der Waals surface area contributed by atoms with Crippen LogP contribution in [0.15, 0.2) is 18.2 Å². The molecular formula is C8H4ClFN2O.